The number of phenolic OH excluding ortho intramolecular Hbond substituents is 1. The van der Waals surface area contributed by atoms with Crippen LogP contribution in [0.4, 0.5) is 5.88 Å². The van der Waals surface area contributed by atoms with Crippen LogP contribution in [0.3, 0.4) is 0 Å². The summed E-state index contributed by atoms with van der Waals surface area (Å²) in [5.74, 6) is 1.03. The van der Waals surface area contributed by atoms with Crippen molar-refractivity contribution in [2.24, 2.45) is 0 Å². The zero-order valence-electron chi connectivity index (χ0n) is 8.70. The van der Waals surface area contributed by atoms with Gasteiger partial charge in [0.2, 0.25) is 0 Å². The van der Waals surface area contributed by atoms with Gasteiger partial charge in [-0.05, 0) is 30.3 Å². The first-order chi connectivity index (χ1) is 8.15. The van der Waals surface area contributed by atoms with Gasteiger partial charge in [-0.15, -0.1) is 11.8 Å². The van der Waals surface area contributed by atoms with E-state index in [1.165, 1.54) is 17.8 Å². The minimum atomic E-state index is -0.561. The van der Waals surface area contributed by atoms with E-state index in [0.29, 0.717) is 11.5 Å². The van der Waals surface area contributed by atoms with Crippen molar-refractivity contribution in [3.63, 3.8) is 0 Å². The Morgan fingerprint density at radius 2 is 1.94 bits per heavy atom. The summed E-state index contributed by atoms with van der Waals surface area (Å²) < 4.78 is 5.02. The predicted octanol–water partition coefficient (Wildman–Crippen LogP) is 3.19. The monoisotopic (exact) mass is 251 g/mol. The molecular weight excluding hydrogens is 242 g/mol. The number of phenols is 1. The lowest BCUT2D eigenvalue weighted by Gasteiger charge is -1.98. The van der Waals surface area contributed by atoms with Crippen molar-refractivity contribution in [2.45, 2.75) is 10.6 Å². The Balaban J connectivity index is 1.97. The SMILES string of the molecule is O=[N+]([O-])c1ccc(CSc2ccc(O)cc2)o1. The van der Waals surface area contributed by atoms with Gasteiger partial charge in [-0.3, -0.25) is 10.1 Å². The molecule has 0 saturated carbocycles. The van der Waals surface area contributed by atoms with Gasteiger partial charge >= 0.3 is 5.88 Å². The average Bonchev–Trinajstić information content (AvgIpc) is 2.77. The molecule has 1 aromatic heterocycles. The smallest absolute Gasteiger partial charge is 0.433 e. The van der Waals surface area contributed by atoms with Gasteiger partial charge in [0.15, 0.2) is 0 Å². The fraction of sp³-hybridized carbons (Fsp3) is 0.0909. The summed E-state index contributed by atoms with van der Waals surface area (Å²) in [6.07, 6.45) is 0. The van der Waals surface area contributed by atoms with Crippen LogP contribution in [-0.4, -0.2) is 10.0 Å². The van der Waals surface area contributed by atoms with Crippen molar-refractivity contribution in [3.8, 4) is 5.75 Å². The summed E-state index contributed by atoms with van der Waals surface area (Å²) in [5, 5.41) is 19.5. The van der Waals surface area contributed by atoms with Crippen molar-refractivity contribution in [1.82, 2.24) is 0 Å². The number of thioether (sulfide) groups is 1. The second-order valence-corrected chi connectivity index (χ2v) is 4.33. The lowest BCUT2D eigenvalue weighted by Crippen LogP contribution is -1.83. The Bertz CT molecular complexity index is 521. The van der Waals surface area contributed by atoms with Gasteiger partial charge in [0.1, 0.15) is 16.4 Å². The van der Waals surface area contributed by atoms with Crippen LogP contribution in [0.1, 0.15) is 5.76 Å². The standard InChI is InChI=1S/C11H9NO4S/c13-8-1-4-10(5-2-8)17-7-9-3-6-11(16-9)12(14)15/h1-6,13H,7H2. The first-order valence-electron chi connectivity index (χ1n) is 4.80. The van der Waals surface area contributed by atoms with E-state index in [1.807, 2.05) is 0 Å². The highest BCUT2D eigenvalue weighted by Crippen LogP contribution is 2.26. The van der Waals surface area contributed by atoms with Crippen LogP contribution in [0, 0.1) is 10.1 Å². The van der Waals surface area contributed by atoms with Gasteiger partial charge in [0.25, 0.3) is 0 Å². The number of hydrogen-bond donors (Lipinski definition) is 1. The summed E-state index contributed by atoms with van der Waals surface area (Å²) in [6, 6.07) is 9.66. The Hall–Kier alpha value is -1.95. The Morgan fingerprint density at radius 1 is 1.24 bits per heavy atom. The minimum Gasteiger partial charge on any atom is -0.508 e. The second-order valence-electron chi connectivity index (χ2n) is 3.28. The Kier molecular flexibility index (Phi) is 3.34. The van der Waals surface area contributed by atoms with Crippen molar-refractivity contribution in [1.29, 1.82) is 0 Å². The first-order valence-corrected chi connectivity index (χ1v) is 5.78. The van der Waals surface area contributed by atoms with Crippen molar-refractivity contribution >= 4 is 17.6 Å². The molecular formula is C11H9NO4S. The molecule has 0 fully saturated rings. The summed E-state index contributed by atoms with van der Waals surface area (Å²) in [6.45, 7) is 0. The molecule has 1 heterocycles. The quantitative estimate of drug-likeness (QED) is 0.513. The Labute approximate surface area is 101 Å². The third-order valence-corrected chi connectivity index (χ3v) is 3.08. The van der Waals surface area contributed by atoms with Crippen LogP contribution in [0.15, 0.2) is 45.7 Å². The van der Waals surface area contributed by atoms with E-state index in [1.54, 1.807) is 30.3 Å². The summed E-state index contributed by atoms with van der Waals surface area (Å²) in [7, 11) is 0. The molecule has 0 aliphatic carbocycles. The first kappa shape index (κ1) is 11.5. The van der Waals surface area contributed by atoms with E-state index in [9.17, 15) is 10.1 Å². The number of hydrogen-bond acceptors (Lipinski definition) is 5. The zero-order chi connectivity index (χ0) is 12.3. The molecule has 0 aliphatic heterocycles. The van der Waals surface area contributed by atoms with Crippen molar-refractivity contribution in [3.05, 3.63) is 52.3 Å². The fourth-order valence-electron chi connectivity index (χ4n) is 1.24. The summed E-state index contributed by atoms with van der Waals surface area (Å²) in [5.41, 5.74) is 0. The third kappa shape index (κ3) is 3.01. The van der Waals surface area contributed by atoms with E-state index < -0.39 is 4.92 Å². The molecule has 0 saturated heterocycles. The van der Waals surface area contributed by atoms with Crippen LogP contribution in [-0.2, 0) is 5.75 Å². The number of nitro groups is 1. The van der Waals surface area contributed by atoms with Crippen LogP contribution < -0.4 is 0 Å². The van der Waals surface area contributed by atoms with E-state index in [0.717, 1.165) is 4.90 Å². The number of aromatic hydroxyl groups is 1. The van der Waals surface area contributed by atoms with E-state index >= 15 is 0 Å². The maximum atomic E-state index is 10.4. The zero-order valence-corrected chi connectivity index (χ0v) is 9.52. The van der Waals surface area contributed by atoms with Gasteiger partial charge in [0, 0.05) is 4.90 Å². The molecule has 0 atom stereocenters. The lowest BCUT2D eigenvalue weighted by molar-refractivity contribution is -0.402. The van der Waals surface area contributed by atoms with E-state index in [4.69, 9.17) is 9.52 Å². The molecule has 6 heteroatoms. The highest BCUT2D eigenvalue weighted by atomic mass is 32.2. The predicted molar refractivity (Wildman–Crippen MR) is 63.0 cm³/mol. The number of furan rings is 1. The average molecular weight is 251 g/mol. The molecule has 0 unspecified atom stereocenters. The molecule has 0 amide bonds. The molecule has 2 rings (SSSR count). The molecule has 5 nitrogen and oxygen atoms in total. The van der Waals surface area contributed by atoms with Gasteiger partial charge < -0.3 is 9.52 Å². The summed E-state index contributed by atoms with van der Waals surface area (Å²) in [4.78, 5) is 10.8. The van der Waals surface area contributed by atoms with E-state index in [-0.39, 0.29) is 11.6 Å². The molecule has 88 valence electrons. The van der Waals surface area contributed by atoms with Crippen molar-refractivity contribution < 1.29 is 14.4 Å². The molecule has 2 aromatic rings. The fourth-order valence-corrected chi connectivity index (χ4v) is 2.03. The molecule has 0 radical (unpaired) electrons. The maximum absolute atomic E-state index is 10.4. The van der Waals surface area contributed by atoms with E-state index in [2.05, 4.69) is 0 Å². The van der Waals surface area contributed by atoms with Gasteiger partial charge in [-0.25, -0.2) is 0 Å². The highest BCUT2D eigenvalue weighted by molar-refractivity contribution is 7.98. The normalized spacial score (nSPS) is 10.4. The van der Waals surface area contributed by atoms with Crippen molar-refractivity contribution in [2.75, 3.05) is 0 Å². The number of benzene rings is 1. The van der Waals surface area contributed by atoms with Gasteiger partial charge in [-0.1, -0.05) is 0 Å². The van der Waals surface area contributed by atoms with Crippen LogP contribution in [0.2, 0.25) is 0 Å². The number of rotatable bonds is 4. The topological polar surface area (TPSA) is 76.5 Å². The van der Waals surface area contributed by atoms with Gasteiger partial charge in [0.05, 0.1) is 11.8 Å². The summed E-state index contributed by atoms with van der Waals surface area (Å²) >= 11 is 1.48. The largest absolute Gasteiger partial charge is 0.508 e. The van der Waals surface area contributed by atoms with Crippen LogP contribution in [0.25, 0.3) is 0 Å². The maximum Gasteiger partial charge on any atom is 0.433 e. The lowest BCUT2D eigenvalue weighted by atomic mass is 10.3. The molecule has 1 aromatic carbocycles. The highest BCUT2D eigenvalue weighted by Gasteiger charge is 2.11. The third-order valence-electron chi connectivity index (χ3n) is 2.05. The van der Waals surface area contributed by atoms with Crippen LogP contribution >= 0.6 is 11.8 Å². The number of nitrogens with zero attached hydrogens (tertiary/aromatic N) is 1. The molecule has 1 N–H and O–H groups in total. The molecule has 0 bridgehead atoms. The Morgan fingerprint density at radius 3 is 2.53 bits per heavy atom. The van der Waals surface area contributed by atoms with Gasteiger partial charge in [-0.2, -0.15) is 0 Å². The second kappa shape index (κ2) is 4.92. The minimum absolute atomic E-state index is 0.211. The van der Waals surface area contributed by atoms with Crippen LogP contribution in [0.5, 0.6) is 5.75 Å². The molecule has 0 spiro atoms. The molecule has 17 heavy (non-hydrogen) atoms. The molecule has 0 aliphatic rings.